The smallest absolute Gasteiger partial charge is 0.247 e. The van der Waals surface area contributed by atoms with Gasteiger partial charge in [0.15, 0.2) is 0 Å². The van der Waals surface area contributed by atoms with Gasteiger partial charge in [-0.2, -0.15) is 0 Å². The Kier molecular flexibility index (Phi) is 8.85. The highest BCUT2D eigenvalue weighted by atomic mass is 32.1. The monoisotopic (exact) mass is 627 g/mol. The molecule has 4 heterocycles. The molecule has 2 aliphatic heterocycles. The van der Waals surface area contributed by atoms with Crippen LogP contribution in [0, 0.1) is 5.92 Å². The van der Waals surface area contributed by atoms with Crippen LogP contribution in [0.4, 0.5) is 11.4 Å². The molecular formula is C33H33N5O4S2. The molecule has 2 aromatic carbocycles. The first-order valence-corrected chi connectivity index (χ1v) is 16.5. The lowest BCUT2D eigenvalue weighted by Gasteiger charge is -2.22. The Labute approximate surface area is 263 Å². The van der Waals surface area contributed by atoms with E-state index in [-0.39, 0.29) is 36.0 Å². The molecule has 0 spiro atoms. The van der Waals surface area contributed by atoms with Crippen molar-refractivity contribution < 1.29 is 19.2 Å². The number of hydrogen-bond donors (Lipinski definition) is 2. The summed E-state index contributed by atoms with van der Waals surface area (Å²) in [5.74, 6) is -0.707. The van der Waals surface area contributed by atoms with Crippen LogP contribution in [-0.4, -0.2) is 64.1 Å². The second-order valence-corrected chi connectivity index (χ2v) is 13.0. The van der Waals surface area contributed by atoms with E-state index in [1.165, 1.54) is 23.1 Å². The van der Waals surface area contributed by atoms with Gasteiger partial charge in [0.1, 0.15) is 11.0 Å². The van der Waals surface area contributed by atoms with Gasteiger partial charge in [-0.1, -0.05) is 18.2 Å². The number of anilines is 2. The fraction of sp³-hybridized carbons (Fsp3) is 0.303. The molecule has 4 amide bonds. The fourth-order valence-electron chi connectivity index (χ4n) is 5.71. The van der Waals surface area contributed by atoms with Crippen molar-refractivity contribution in [1.82, 2.24) is 14.8 Å². The average Bonchev–Trinajstić information content (AvgIpc) is 3.84. The van der Waals surface area contributed by atoms with Gasteiger partial charge in [-0.15, -0.1) is 22.7 Å². The summed E-state index contributed by atoms with van der Waals surface area (Å²) in [7, 11) is 0. The molecule has 2 aliphatic rings. The number of benzene rings is 2. The van der Waals surface area contributed by atoms with Gasteiger partial charge in [0, 0.05) is 65.7 Å². The van der Waals surface area contributed by atoms with Crippen LogP contribution < -0.4 is 10.6 Å². The van der Waals surface area contributed by atoms with Gasteiger partial charge in [-0.3, -0.25) is 19.2 Å². The minimum Gasteiger partial charge on any atom is -0.342 e. The summed E-state index contributed by atoms with van der Waals surface area (Å²) in [6.45, 7) is 3.20. The first kappa shape index (κ1) is 29.7. The number of likely N-dealkylation sites (tertiary alicyclic amines) is 2. The summed E-state index contributed by atoms with van der Waals surface area (Å²) in [6, 6.07) is 18.7. The Balaban J connectivity index is 1.02. The van der Waals surface area contributed by atoms with E-state index in [1.54, 1.807) is 21.1 Å². The summed E-state index contributed by atoms with van der Waals surface area (Å²) in [5, 5.41) is 10.8. The molecule has 226 valence electrons. The third kappa shape index (κ3) is 6.74. The van der Waals surface area contributed by atoms with Crippen LogP contribution in [-0.2, 0) is 25.6 Å². The van der Waals surface area contributed by atoms with Crippen molar-refractivity contribution in [2.45, 2.75) is 38.6 Å². The summed E-state index contributed by atoms with van der Waals surface area (Å²) < 4.78 is 0. The molecule has 0 bridgehead atoms. The lowest BCUT2D eigenvalue weighted by Crippen LogP contribution is -2.42. The number of aromatic nitrogens is 1. The van der Waals surface area contributed by atoms with E-state index in [4.69, 9.17) is 4.98 Å². The number of thiophene rings is 1. The van der Waals surface area contributed by atoms with Crippen molar-refractivity contribution in [1.29, 1.82) is 0 Å². The van der Waals surface area contributed by atoms with Crippen molar-refractivity contribution in [2.75, 3.05) is 30.3 Å². The average molecular weight is 628 g/mol. The summed E-state index contributed by atoms with van der Waals surface area (Å²) in [6.07, 6.45) is 2.56. The molecule has 2 N–H and O–H groups in total. The van der Waals surface area contributed by atoms with Crippen molar-refractivity contribution in [2.24, 2.45) is 5.92 Å². The van der Waals surface area contributed by atoms with Crippen LogP contribution in [0.2, 0.25) is 0 Å². The number of hydrogen-bond acceptors (Lipinski definition) is 7. The second kappa shape index (κ2) is 13.1. The molecule has 2 atom stereocenters. The Bertz CT molecular complexity index is 1650. The Hall–Kier alpha value is -4.35. The molecular weight excluding hydrogens is 595 g/mol. The fourth-order valence-corrected chi connectivity index (χ4v) is 7.24. The summed E-state index contributed by atoms with van der Waals surface area (Å²) >= 11 is 3.21. The highest BCUT2D eigenvalue weighted by Gasteiger charge is 2.34. The number of carbonyl (C=O) groups excluding carboxylic acids is 4. The first-order valence-electron chi connectivity index (χ1n) is 14.7. The highest BCUT2D eigenvalue weighted by Crippen LogP contribution is 2.31. The number of nitrogens with one attached hydrogen (secondary N) is 2. The van der Waals surface area contributed by atoms with Crippen molar-refractivity contribution in [3.05, 3.63) is 76.3 Å². The lowest BCUT2D eigenvalue weighted by atomic mass is 10.1. The van der Waals surface area contributed by atoms with Crippen molar-refractivity contribution >= 4 is 57.7 Å². The van der Waals surface area contributed by atoms with Crippen LogP contribution in [0.1, 0.15) is 31.1 Å². The van der Waals surface area contributed by atoms with Crippen LogP contribution in [0.5, 0.6) is 0 Å². The van der Waals surface area contributed by atoms with Gasteiger partial charge >= 0.3 is 0 Å². The molecule has 2 saturated heterocycles. The van der Waals surface area contributed by atoms with Crippen molar-refractivity contribution in [3.63, 3.8) is 0 Å². The number of nitrogens with zero attached hydrogens (tertiary/aromatic N) is 3. The Morgan fingerprint density at radius 3 is 2.32 bits per heavy atom. The van der Waals surface area contributed by atoms with Gasteiger partial charge in [0.2, 0.25) is 23.6 Å². The maximum absolute atomic E-state index is 12.9. The molecule has 0 aliphatic carbocycles. The van der Waals surface area contributed by atoms with E-state index in [0.717, 1.165) is 34.7 Å². The zero-order valence-corrected chi connectivity index (χ0v) is 26.0. The molecule has 0 saturated carbocycles. The number of thiazole rings is 1. The van der Waals surface area contributed by atoms with Crippen LogP contribution >= 0.6 is 22.7 Å². The van der Waals surface area contributed by atoms with E-state index in [1.807, 2.05) is 65.4 Å². The molecule has 9 nitrogen and oxygen atoms in total. The molecule has 11 heteroatoms. The van der Waals surface area contributed by atoms with E-state index in [9.17, 15) is 19.2 Å². The number of rotatable bonds is 9. The van der Waals surface area contributed by atoms with Crippen molar-refractivity contribution in [3.8, 4) is 21.8 Å². The molecule has 2 fully saturated rings. The SMILES string of the molecule is CC(=O)N1CCCC1C(=O)Nc1ccc(-c2nc(-c3ccc(NC(=O)C4CC(=O)N(CCc5cccs5)C4)cc3)cs2)cc1. The van der Waals surface area contributed by atoms with Crippen LogP contribution in [0.15, 0.2) is 71.4 Å². The number of amides is 4. The third-order valence-corrected chi connectivity index (χ3v) is 9.93. The quantitative estimate of drug-likeness (QED) is 0.254. The molecule has 0 radical (unpaired) electrons. The second-order valence-electron chi connectivity index (χ2n) is 11.1. The van der Waals surface area contributed by atoms with Crippen LogP contribution in [0.3, 0.4) is 0 Å². The minimum absolute atomic E-state index is 0.0286. The molecule has 2 unspecified atom stereocenters. The molecule has 2 aromatic heterocycles. The molecule has 4 aromatic rings. The first-order chi connectivity index (χ1) is 21.3. The summed E-state index contributed by atoms with van der Waals surface area (Å²) in [5.41, 5.74) is 4.05. The predicted molar refractivity (Wildman–Crippen MR) is 173 cm³/mol. The zero-order valence-electron chi connectivity index (χ0n) is 24.3. The molecule has 44 heavy (non-hydrogen) atoms. The third-order valence-electron chi connectivity index (χ3n) is 8.11. The number of carbonyl (C=O) groups is 4. The largest absolute Gasteiger partial charge is 0.342 e. The van der Waals surface area contributed by atoms with Gasteiger partial charge in [0.25, 0.3) is 0 Å². The lowest BCUT2D eigenvalue weighted by molar-refractivity contribution is -0.134. The highest BCUT2D eigenvalue weighted by molar-refractivity contribution is 7.13. The van der Waals surface area contributed by atoms with E-state index in [0.29, 0.717) is 37.4 Å². The predicted octanol–water partition coefficient (Wildman–Crippen LogP) is 5.52. The van der Waals surface area contributed by atoms with Gasteiger partial charge in [0.05, 0.1) is 11.6 Å². The minimum atomic E-state index is -0.419. The van der Waals surface area contributed by atoms with E-state index >= 15 is 0 Å². The van der Waals surface area contributed by atoms with Crippen LogP contribution in [0.25, 0.3) is 21.8 Å². The standard InChI is InChI=1S/C33H33N5O4S2/c1-21(39)38-15-2-5-29(38)32(42)35-26-12-8-23(9-13-26)33-36-28(20-44-33)22-6-10-25(11-7-22)34-31(41)24-18-30(40)37(19-24)16-14-27-4-3-17-43-27/h3-4,6-13,17,20,24,29H,2,5,14-16,18-19H2,1H3,(H,34,41)(H,35,42). The normalized spacial score (nSPS) is 18.1. The van der Waals surface area contributed by atoms with E-state index < -0.39 is 6.04 Å². The topological polar surface area (TPSA) is 112 Å². The Morgan fingerprint density at radius 2 is 1.64 bits per heavy atom. The van der Waals surface area contributed by atoms with E-state index in [2.05, 4.69) is 16.7 Å². The van der Waals surface area contributed by atoms with Gasteiger partial charge in [-0.25, -0.2) is 4.98 Å². The maximum Gasteiger partial charge on any atom is 0.247 e. The van der Waals surface area contributed by atoms with Gasteiger partial charge < -0.3 is 20.4 Å². The Morgan fingerprint density at radius 1 is 0.932 bits per heavy atom. The maximum atomic E-state index is 12.9. The summed E-state index contributed by atoms with van der Waals surface area (Å²) in [4.78, 5) is 59.4. The molecule has 6 rings (SSSR count). The zero-order chi connectivity index (χ0) is 30.6. The van der Waals surface area contributed by atoms with Gasteiger partial charge in [-0.05, 0) is 67.1 Å².